The SMILES string of the molecule is N#CC1=C(N)Oc2nc(N)nc(N)c2C1c1cc(F)c(F)c(F)c1. The van der Waals surface area contributed by atoms with Crippen LogP contribution < -0.4 is 21.9 Å². The Kier molecular flexibility index (Phi) is 3.41. The van der Waals surface area contributed by atoms with E-state index in [1.165, 1.54) is 0 Å². The first-order valence-electron chi connectivity index (χ1n) is 6.48. The van der Waals surface area contributed by atoms with E-state index >= 15 is 0 Å². The monoisotopic (exact) mass is 334 g/mol. The summed E-state index contributed by atoms with van der Waals surface area (Å²) < 4.78 is 45.6. The minimum absolute atomic E-state index is 0.0559. The highest BCUT2D eigenvalue weighted by atomic mass is 19.2. The summed E-state index contributed by atoms with van der Waals surface area (Å²) >= 11 is 0. The molecule has 0 fully saturated rings. The van der Waals surface area contributed by atoms with E-state index in [1.54, 1.807) is 6.07 Å². The summed E-state index contributed by atoms with van der Waals surface area (Å²) in [5, 5.41) is 9.32. The molecule has 1 aliphatic rings. The predicted octanol–water partition coefficient (Wildman–Crippen LogP) is 1.28. The van der Waals surface area contributed by atoms with Gasteiger partial charge in [-0.1, -0.05) is 0 Å². The molecule has 10 heteroatoms. The number of nitrogens with two attached hydrogens (primary N) is 3. The smallest absolute Gasteiger partial charge is 0.232 e. The second-order valence-corrected chi connectivity index (χ2v) is 4.91. The van der Waals surface area contributed by atoms with Gasteiger partial charge in [0.05, 0.1) is 11.5 Å². The molecule has 122 valence electrons. The lowest BCUT2D eigenvalue weighted by Gasteiger charge is -2.26. The molecule has 0 saturated carbocycles. The number of benzene rings is 1. The van der Waals surface area contributed by atoms with Crippen molar-refractivity contribution >= 4 is 11.8 Å². The molecule has 0 bridgehead atoms. The van der Waals surface area contributed by atoms with Gasteiger partial charge < -0.3 is 21.9 Å². The fourth-order valence-electron chi connectivity index (χ4n) is 2.47. The van der Waals surface area contributed by atoms with Crippen LogP contribution in [-0.2, 0) is 0 Å². The third kappa shape index (κ3) is 2.23. The van der Waals surface area contributed by atoms with Crippen LogP contribution in [0.4, 0.5) is 24.9 Å². The second kappa shape index (κ2) is 5.31. The Balaban J connectivity index is 2.32. The summed E-state index contributed by atoms with van der Waals surface area (Å²) in [6, 6.07) is 3.26. The number of nitriles is 1. The summed E-state index contributed by atoms with van der Waals surface area (Å²) in [5.41, 5.74) is 16.7. The van der Waals surface area contributed by atoms with Crippen molar-refractivity contribution in [3.05, 3.63) is 52.2 Å². The van der Waals surface area contributed by atoms with Crippen LogP contribution in [0.3, 0.4) is 0 Å². The highest BCUT2D eigenvalue weighted by Crippen LogP contribution is 2.44. The van der Waals surface area contributed by atoms with Gasteiger partial charge in [0.25, 0.3) is 0 Å². The number of halogens is 3. The maximum absolute atomic E-state index is 13.6. The van der Waals surface area contributed by atoms with Gasteiger partial charge in [-0.05, 0) is 17.7 Å². The number of hydrogen-bond acceptors (Lipinski definition) is 7. The van der Waals surface area contributed by atoms with Crippen molar-refractivity contribution in [2.45, 2.75) is 5.92 Å². The van der Waals surface area contributed by atoms with Crippen molar-refractivity contribution in [3.63, 3.8) is 0 Å². The van der Waals surface area contributed by atoms with E-state index in [2.05, 4.69) is 9.97 Å². The lowest BCUT2D eigenvalue weighted by atomic mass is 9.84. The van der Waals surface area contributed by atoms with Gasteiger partial charge in [0.1, 0.15) is 17.5 Å². The summed E-state index contributed by atoms with van der Waals surface area (Å²) in [4.78, 5) is 7.56. The van der Waals surface area contributed by atoms with Gasteiger partial charge >= 0.3 is 0 Å². The molecule has 6 N–H and O–H groups in total. The molecule has 0 amide bonds. The van der Waals surface area contributed by atoms with Gasteiger partial charge in [-0.3, -0.25) is 0 Å². The minimum atomic E-state index is -1.64. The third-order valence-electron chi connectivity index (χ3n) is 3.47. The lowest BCUT2D eigenvalue weighted by Crippen LogP contribution is -2.24. The Hall–Kier alpha value is -3.48. The molecule has 1 atom stereocenters. The Morgan fingerprint density at radius 1 is 1.08 bits per heavy atom. The molecule has 24 heavy (non-hydrogen) atoms. The molecular weight excluding hydrogens is 325 g/mol. The Bertz CT molecular complexity index is 914. The average Bonchev–Trinajstić information content (AvgIpc) is 2.50. The average molecular weight is 334 g/mol. The van der Waals surface area contributed by atoms with Crippen molar-refractivity contribution in [2.24, 2.45) is 5.73 Å². The Labute approximate surface area is 133 Å². The van der Waals surface area contributed by atoms with Gasteiger partial charge in [-0.25, -0.2) is 13.2 Å². The first kappa shape index (κ1) is 15.4. The molecule has 1 aromatic carbocycles. The number of ether oxygens (including phenoxy) is 1. The van der Waals surface area contributed by atoms with E-state index in [0.29, 0.717) is 0 Å². The van der Waals surface area contributed by atoms with E-state index in [-0.39, 0.29) is 40.2 Å². The highest BCUT2D eigenvalue weighted by molar-refractivity contribution is 5.62. The number of hydrogen-bond donors (Lipinski definition) is 3. The maximum Gasteiger partial charge on any atom is 0.232 e. The number of nitrogens with zero attached hydrogens (tertiary/aromatic N) is 3. The topological polar surface area (TPSA) is 137 Å². The Morgan fingerprint density at radius 3 is 2.29 bits per heavy atom. The Morgan fingerprint density at radius 2 is 1.71 bits per heavy atom. The summed E-state index contributed by atoms with van der Waals surface area (Å²) in [6.07, 6.45) is 0. The van der Waals surface area contributed by atoms with Crippen LogP contribution in [0.15, 0.2) is 23.6 Å². The normalized spacial score (nSPS) is 16.3. The van der Waals surface area contributed by atoms with Crippen molar-refractivity contribution < 1.29 is 17.9 Å². The number of anilines is 2. The van der Waals surface area contributed by atoms with Crippen LogP contribution in [0.1, 0.15) is 17.0 Å². The van der Waals surface area contributed by atoms with Crippen LogP contribution in [0.5, 0.6) is 5.88 Å². The molecule has 3 rings (SSSR count). The van der Waals surface area contributed by atoms with Crippen LogP contribution in [-0.4, -0.2) is 9.97 Å². The third-order valence-corrected chi connectivity index (χ3v) is 3.47. The zero-order valence-corrected chi connectivity index (χ0v) is 11.8. The van der Waals surface area contributed by atoms with E-state index in [9.17, 15) is 18.4 Å². The number of nitrogen functional groups attached to an aromatic ring is 2. The zero-order valence-electron chi connectivity index (χ0n) is 11.8. The lowest BCUT2D eigenvalue weighted by molar-refractivity contribution is 0.377. The number of allylic oxidation sites excluding steroid dienone is 1. The number of fused-ring (bicyclic) bond motifs is 1. The largest absolute Gasteiger partial charge is 0.422 e. The van der Waals surface area contributed by atoms with Gasteiger partial charge in [-0.15, -0.1) is 0 Å². The summed E-state index contributed by atoms with van der Waals surface area (Å²) in [5.74, 6) is -6.48. The molecule has 1 unspecified atom stereocenters. The van der Waals surface area contributed by atoms with Crippen LogP contribution in [0.2, 0.25) is 0 Å². The molecule has 0 spiro atoms. The molecule has 2 heterocycles. The predicted molar refractivity (Wildman–Crippen MR) is 76.5 cm³/mol. The van der Waals surface area contributed by atoms with Crippen molar-refractivity contribution in [1.29, 1.82) is 5.26 Å². The first-order valence-corrected chi connectivity index (χ1v) is 6.48. The number of aromatic nitrogens is 2. The van der Waals surface area contributed by atoms with Crippen molar-refractivity contribution in [1.82, 2.24) is 9.97 Å². The summed E-state index contributed by atoms with van der Waals surface area (Å²) in [6.45, 7) is 0. The molecule has 1 aromatic heterocycles. The van der Waals surface area contributed by atoms with E-state index in [0.717, 1.165) is 12.1 Å². The van der Waals surface area contributed by atoms with Crippen molar-refractivity contribution in [2.75, 3.05) is 11.5 Å². The van der Waals surface area contributed by atoms with E-state index in [4.69, 9.17) is 21.9 Å². The van der Waals surface area contributed by atoms with Crippen LogP contribution >= 0.6 is 0 Å². The quantitative estimate of drug-likeness (QED) is 0.668. The van der Waals surface area contributed by atoms with Gasteiger partial charge in [0, 0.05) is 0 Å². The highest BCUT2D eigenvalue weighted by Gasteiger charge is 2.35. The van der Waals surface area contributed by atoms with E-state index < -0.39 is 23.4 Å². The standard InChI is InChI=1S/C14H9F3N6O/c15-6-1-4(2-7(16)10(6)17)8-5(3-18)12(20)24-13-9(8)11(19)22-14(21)23-13/h1-2,8H,20H2,(H4,19,21,22,23). The van der Waals surface area contributed by atoms with Gasteiger partial charge in [0.15, 0.2) is 17.5 Å². The van der Waals surface area contributed by atoms with Crippen LogP contribution in [0.25, 0.3) is 0 Å². The molecule has 7 nitrogen and oxygen atoms in total. The fraction of sp³-hybridized carbons (Fsp3) is 0.0714. The van der Waals surface area contributed by atoms with Gasteiger partial charge in [-0.2, -0.15) is 15.2 Å². The van der Waals surface area contributed by atoms with Crippen LogP contribution in [0, 0.1) is 28.8 Å². The molecule has 0 saturated heterocycles. The van der Waals surface area contributed by atoms with Gasteiger partial charge in [0.2, 0.25) is 17.7 Å². The molecular formula is C14H9F3N6O. The van der Waals surface area contributed by atoms with Crippen molar-refractivity contribution in [3.8, 4) is 11.9 Å². The summed E-state index contributed by atoms with van der Waals surface area (Å²) in [7, 11) is 0. The molecule has 2 aromatic rings. The molecule has 1 aliphatic heterocycles. The zero-order chi connectivity index (χ0) is 17.6. The number of rotatable bonds is 1. The fourth-order valence-corrected chi connectivity index (χ4v) is 2.47. The van der Waals surface area contributed by atoms with E-state index in [1.807, 2.05) is 0 Å². The molecule has 0 radical (unpaired) electrons. The second-order valence-electron chi connectivity index (χ2n) is 4.91. The maximum atomic E-state index is 13.6. The molecule has 0 aliphatic carbocycles. The first-order chi connectivity index (χ1) is 11.3. The minimum Gasteiger partial charge on any atom is -0.422 e.